The third kappa shape index (κ3) is 14.9. The zero-order valence-electron chi connectivity index (χ0n) is 31.8. The van der Waals surface area contributed by atoms with Crippen molar-refractivity contribution < 1.29 is 19.1 Å². The van der Waals surface area contributed by atoms with E-state index >= 15 is 0 Å². The highest BCUT2D eigenvalue weighted by Gasteiger charge is 2.26. The number of aryl methyl sites for hydroxylation is 1. The maximum atomic E-state index is 13.6. The molecule has 2 aromatic rings. The van der Waals surface area contributed by atoms with Crippen molar-refractivity contribution in [3.05, 3.63) is 94.7 Å². The van der Waals surface area contributed by atoms with Gasteiger partial charge in [-0.1, -0.05) is 122 Å². The Hall–Kier alpha value is -3.22. The first-order valence-corrected chi connectivity index (χ1v) is 19.0. The van der Waals surface area contributed by atoms with Crippen LogP contribution in [0.15, 0.2) is 73.0 Å². The number of ketones is 1. The van der Waals surface area contributed by atoms with Crippen LogP contribution >= 0.6 is 11.6 Å². The highest BCUT2D eigenvalue weighted by atomic mass is 35.5. The van der Waals surface area contributed by atoms with E-state index in [1.807, 2.05) is 58.9 Å². The summed E-state index contributed by atoms with van der Waals surface area (Å²) < 4.78 is 5.98. The topological polar surface area (TPSA) is 84.5 Å². The van der Waals surface area contributed by atoms with E-state index in [2.05, 4.69) is 74.4 Å². The lowest BCUT2D eigenvalue weighted by atomic mass is 9.76. The van der Waals surface area contributed by atoms with Gasteiger partial charge in [0.25, 0.3) is 0 Å². The van der Waals surface area contributed by atoms with Gasteiger partial charge in [0.1, 0.15) is 24.5 Å². The average molecular weight is 707 g/mol. The summed E-state index contributed by atoms with van der Waals surface area (Å²) in [7, 11) is 0. The maximum Gasteiger partial charge on any atom is 0.242 e. The van der Waals surface area contributed by atoms with E-state index in [0.717, 1.165) is 36.7 Å². The van der Waals surface area contributed by atoms with Crippen molar-refractivity contribution in [2.24, 2.45) is 23.7 Å². The van der Waals surface area contributed by atoms with E-state index in [0.29, 0.717) is 60.7 Å². The summed E-state index contributed by atoms with van der Waals surface area (Å²) in [5, 5.41) is 7.07. The van der Waals surface area contributed by atoms with Crippen LogP contribution in [0.4, 0.5) is 0 Å². The zero-order chi connectivity index (χ0) is 37.2. The van der Waals surface area contributed by atoms with Crippen LogP contribution in [0.2, 0.25) is 5.02 Å². The fourth-order valence-corrected chi connectivity index (χ4v) is 6.89. The summed E-state index contributed by atoms with van der Waals surface area (Å²) in [4.78, 5) is 38.0. The number of ether oxygens (including phenoxy) is 1. The lowest BCUT2D eigenvalue weighted by Crippen LogP contribution is -2.46. The van der Waals surface area contributed by atoms with Crippen LogP contribution < -0.4 is 10.6 Å². The Morgan fingerprint density at radius 2 is 1.70 bits per heavy atom. The maximum absolute atomic E-state index is 13.6. The molecule has 0 fully saturated rings. The monoisotopic (exact) mass is 706 g/mol. The summed E-state index contributed by atoms with van der Waals surface area (Å²) in [5.74, 6) is 1.70. The molecule has 7 heteroatoms. The van der Waals surface area contributed by atoms with Crippen LogP contribution in [0.3, 0.4) is 0 Å². The molecule has 0 aliphatic rings. The molecule has 1 amide bonds. The van der Waals surface area contributed by atoms with Gasteiger partial charge in [0.05, 0.1) is 0 Å². The van der Waals surface area contributed by atoms with Gasteiger partial charge in [-0.05, 0) is 91.0 Å². The first-order chi connectivity index (χ1) is 23.8. The summed E-state index contributed by atoms with van der Waals surface area (Å²) in [6.45, 7) is 21.3. The fourth-order valence-electron chi connectivity index (χ4n) is 6.68. The number of allylic oxidation sites excluding steroid dienone is 2. The molecule has 0 aliphatic heterocycles. The number of hydrogen-bond acceptors (Lipinski definition) is 5. The molecule has 6 unspecified atom stereocenters. The van der Waals surface area contributed by atoms with Crippen LogP contribution in [-0.4, -0.2) is 42.8 Å². The van der Waals surface area contributed by atoms with Gasteiger partial charge in [0.2, 0.25) is 5.91 Å². The largest absolute Gasteiger partial charge is 0.374 e. The number of carbonyl (C=O) groups is 3. The van der Waals surface area contributed by atoms with Gasteiger partial charge >= 0.3 is 0 Å². The van der Waals surface area contributed by atoms with Gasteiger partial charge in [-0.2, -0.15) is 0 Å². The van der Waals surface area contributed by atoms with Crippen LogP contribution in [0.5, 0.6) is 0 Å². The van der Waals surface area contributed by atoms with E-state index in [1.165, 1.54) is 5.56 Å². The Morgan fingerprint density at radius 3 is 2.30 bits per heavy atom. The molecule has 0 spiro atoms. The van der Waals surface area contributed by atoms with Crippen molar-refractivity contribution in [1.29, 1.82) is 0 Å². The molecule has 0 saturated carbocycles. The lowest BCUT2D eigenvalue weighted by Gasteiger charge is -2.29. The molecule has 0 heterocycles. The zero-order valence-corrected chi connectivity index (χ0v) is 32.6. The smallest absolute Gasteiger partial charge is 0.242 e. The minimum Gasteiger partial charge on any atom is -0.374 e. The molecule has 0 bridgehead atoms. The summed E-state index contributed by atoms with van der Waals surface area (Å²) in [5.41, 5.74) is 3.98. The van der Waals surface area contributed by atoms with Crippen LogP contribution in [0, 0.1) is 30.6 Å². The molecule has 0 aliphatic carbocycles. The normalized spacial score (nSPS) is 15.9. The predicted molar refractivity (Wildman–Crippen MR) is 208 cm³/mol. The number of rotatable bonds is 24. The van der Waals surface area contributed by atoms with Crippen molar-refractivity contribution in [2.45, 2.75) is 125 Å². The molecule has 0 radical (unpaired) electrons. The SMILES string of the molecule is C=C(/C=C/CCC(C)C(CC)C(C)c1ccccc1)N[C@H](Cc1ccc(C)c(Cl)c1)C(=O)NCC(C)CC(C=O)OC(CC(C)C)C(=O)CC. The molecular formula is C43H63ClN2O4. The Kier molecular flexibility index (Phi) is 19.4. The van der Waals surface area contributed by atoms with Gasteiger partial charge in [-0.3, -0.25) is 9.59 Å². The fraction of sp³-hybridized carbons (Fsp3) is 0.558. The van der Waals surface area contributed by atoms with Crippen molar-refractivity contribution in [3.63, 3.8) is 0 Å². The summed E-state index contributed by atoms with van der Waals surface area (Å²) >= 11 is 6.43. The van der Waals surface area contributed by atoms with Gasteiger partial charge < -0.3 is 20.2 Å². The molecule has 50 heavy (non-hydrogen) atoms. The number of hydrogen-bond donors (Lipinski definition) is 2. The highest BCUT2D eigenvalue weighted by Crippen LogP contribution is 2.34. The van der Waals surface area contributed by atoms with Gasteiger partial charge in [-0.25, -0.2) is 0 Å². The first kappa shape index (κ1) is 42.9. The quantitative estimate of drug-likeness (QED) is 0.0839. The Balaban J connectivity index is 2.03. The van der Waals surface area contributed by atoms with Crippen molar-refractivity contribution in [1.82, 2.24) is 10.6 Å². The second kappa shape index (κ2) is 22.6. The number of amides is 1. The molecule has 0 saturated heterocycles. The van der Waals surface area contributed by atoms with E-state index in [1.54, 1.807) is 0 Å². The Bertz CT molecular complexity index is 1370. The van der Waals surface area contributed by atoms with Crippen LogP contribution in [0.1, 0.15) is 110 Å². The summed E-state index contributed by atoms with van der Waals surface area (Å²) in [6, 6.07) is 16.0. The molecule has 276 valence electrons. The Labute approximate surface area is 307 Å². The predicted octanol–water partition coefficient (Wildman–Crippen LogP) is 9.59. The second-order valence-electron chi connectivity index (χ2n) is 14.6. The van der Waals surface area contributed by atoms with Crippen LogP contribution in [-0.2, 0) is 25.5 Å². The Morgan fingerprint density at radius 1 is 1.00 bits per heavy atom. The molecule has 6 nitrogen and oxygen atoms in total. The minimum atomic E-state index is -0.716. The van der Waals surface area contributed by atoms with E-state index in [9.17, 15) is 14.4 Å². The molecule has 0 aromatic heterocycles. The molecule has 2 aromatic carbocycles. The number of aldehydes is 1. The van der Waals surface area contributed by atoms with Gasteiger partial charge in [-0.15, -0.1) is 0 Å². The van der Waals surface area contributed by atoms with E-state index < -0.39 is 18.2 Å². The third-order valence-electron chi connectivity index (χ3n) is 9.77. The van der Waals surface area contributed by atoms with Crippen molar-refractivity contribution in [3.8, 4) is 0 Å². The minimum absolute atomic E-state index is 0.00299. The number of Topliss-reactive ketones (excluding diaryl/α,β-unsaturated/α-hetero) is 1. The van der Waals surface area contributed by atoms with Crippen molar-refractivity contribution in [2.75, 3.05) is 6.54 Å². The molecule has 2 N–H and O–H groups in total. The lowest BCUT2D eigenvalue weighted by molar-refractivity contribution is -0.140. The van der Waals surface area contributed by atoms with E-state index in [4.69, 9.17) is 16.3 Å². The summed E-state index contributed by atoms with van der Waals surface area (Å²) in [6.07, 6.45) is 8.45. The first-order valence-electron chi connectivity index (χ1n) is 18.6. The average Bonchev–Trinajstić information content (AvgIpc) is 3.09. The van der Waals surface area contributed by atoms with Gasteiger partial charge in [0, 0.05) is 30.1 Å². The molecule has 7 atom stereocenters. The van der Waals surface area contributed by atoms with Gasteiger partial charge in [0.15, 0.2) is 5.78 Å². The number of nitrogens with one attached hydrogen (secondary N) is 2. The third-order valence-corrected chi connectivity index (χ3v) is 10.2. The standard InChI is InChI=1S/C43H63ClN2O4/c1-10-38(34(9)36-19-13-12-14-20-36)31(6)17-15-16-18-33(8)46-40(26-35-22-21-32(7)39(44)25-35)43(49)45-27-30(5)24-37(28-47)50-42(23-29(3)4)41(48)11-2/h12-14,16,18-22,25,28-31,34,37-38,40,42,46H,8,10-11,15,17,23-24,26-27H2,1-7,9H3,(H,45,49)/b18-16+/t30?,31?,34?,37?,38?,40-,42?/m1/s1. The van der Waals surface area contributed by atoms with Crippen LogP contribution in [0.25, 0.3) is 0 Å². The highest BCUT2D eigenvalue weighted by molar-refractivity contribution is 6.31. The molecular weight excluding hydrogens is 644 g/mol. The number of halogens is 1. The van der Waals surface area contributed by atoms with Crippen molar-refractivity contribution >= 4 is 29.6 Å². The van der Waals surface area contributed by atoms with E-state index in [-0.39, 0.29) is 23.5 Å². The number of benzene rings is 2. The number of carbonyl (C=O) groups excluding carboxylic acids is 3. The second-order valence-corrected chi connectivity index (χ2v) is 15.0. The molecule has 2 rings (SSSR count).